The molecule has 1 aliphatic carbocycles. The van der Waals surface area contributed by atoms with E-state index in [0.717, 1.165) is 35.1 Å². The highest BCUT2D eigenvalue weighted by Gasteiger charge is 2.30. The molecule has 1 N–H and O–H groups in total. The largest absolute Gasteiger partial charge is 0.355 e. The lowest BCUT2D eigenvalue weighted by Crippen LogP contribution is -2.27. The van der Waals surface area contributed by atoms with Crippen molar-refractivity contribution in [1.29, 1.82) is 0 Å². The molecule has 0 saturated heterocycles. The van der Waals surface area contributed by atoms with Gasteiger partial charge in [0.2, 0.25) is 5.91 Å². The molecule has 1 aliphatic rings. The summed E-state index contributed by atoms with van der Waals surface area (Å²) >= 11 is 3.15. The number of hydrogen-bond donors (Lipinski definition) is 1. The number of carbonyl (C=O) groups excluding carboxylic acids is 1. The topological polar surface area (TPSA) is 59.8 Å². The summed E-state index contributed by atoms with van der Waals surface area (Å²) in [5.41, 5.74) is 2.54. The van der Waals surface area contributed by atoms with Gasteiger partial charge in [-0.05, 0) is 41.8 Å². The van der Waals surface area contributed by atoms with Gasteiger partial charge in [0.1, 0.15) is 0 Å². The standard InChI is InChI=1S/C26H26N4OS2/c31-24(18-33-26-29-28-25(23-12-7-17-32-23)30(26)21-13-14-21)27-16-15-22(19-8-3-1-4-9-19)20-10-5-2-6-11-20/h1-12,17,21-22H,13-16,18H2,(H,27,31). The molecule has 2 heterocycles. The van der Waals surface area contributed by atoms with Crippen molar-refractivity contribution in [2.75, 3.05) is 12.3 Å². The van der Waals surface area contributed by atoms with Crippen LogP contribution >= 0.6 is 23.1 Å². The van der Waals surface area contributed by atoms with Crippen LogP contribution in [0.4, 0.5) is 0 Å². The summed E-state index contributed by atoms with van der Waals surface area (Å²) in [5, 5.41) is 14.8. The fourth-order valence-electron chi connectivity index (χ4n) is 4.04. The van der Waals surface area contributed by atoms with Crippen LogP contribution in [0.2, 0.25) is 0 Å². The Balaban J connectivity index is 1.18. The fourth-order valence-corrected chi connectivity index (χ4v) is 5.59. The molecule has 5 nitrogen and oxygen atoms in total. The number of hydrogen-bond acceptors (Lipinski definition) is 5. The molecule has 0 atom stereocenters. The third-order valence-corrected chi connectivity index (χ3v) is 7.62. The van der Waals surface area contributed by atoms with Crippen molar-refractivity contribution in [2.45, 2.75) is 36.4 Å². The van der Waals surface area contributed by atoms with E-state index in [1.165, 1.54) is 22.9 Å². The van der Waals surface area contributed by atoms with E-state index in [1.807, 2.05) is 18.2 Å². The van der Waals surface area contributed by atoms with Crippen LogP contribution in [-0.2, 0) is 4.79 Å². The van der Waals surface area contributed by atoms with Gasteiger partial charge >= 0.3 is 0 Å². The van der Waals surface area contributed by atoms with Crippen molar-refractivity contribution in [2.24, 2.45) is 0 Å². The SMILES string of the molecule is O=C(CSc1nnc(-c2cccs2)n1C1CC1)NCCC(c1ccccc1)c1ccccc1. The van der Waals surface area contributed by atoms with Crippen LogP contribution in [0.15, 0.2) is 83.3 Å². The molecular formula is C26H26N4OS2. The molecule has 0 aliphatic heterocycles. The Kier molecular flexibility index (Phi) is 6.88. The highest BCUT2D eigenvalue weighted by molar-refractivity contribution is 7.99. The monoisotopic (exact) mass is 474 g/mol. The highest BCUT2D eigenvalue weighted by atomic mass is 32.2. The number of benzene rings is 2. The molecule has 0 radical (unpaired) electrons. The van der Waals surface area contributed by atoms with Gasteiger partial charge < -0.3 is 5.32 Å². The molecular weight excluding hydrogens is 448 g/mol. The van der Waals surface area contributed by atoms with Crippen molar-refractivity contribution < 1.29 is 4.79 Å². The second-order valence-corrected chi connectivity index (χ2v) is 10.1. The zero-order valence-electron chi connectivity index (χ0n) is 18.3. The van der Waals surface area contributed by atoms with Gasteiger partial charge in [0.25, 0.3) is 0 Å². The molecule has 1 fully saturated rings. The lowest BCUT2D eigenvalue weighted by molar-refractivity contribution is -0.118. The van der Waals surface area contributed by atoms with Crippen LogP contribution in [0.5, 0.6) is 0 Å². The van der Waals surface area contributed by atoms with Gasteiger partial charge in [0.05, 0.1) is 10.6 Å². The van der Waals surface area contributed by atoms with E-state index < -0.39 is 0 Å². The molecule has 0 unspecified atom stereocenters. The van der Waals surface area contributed by atoms with Crippen molar-refractivity contribution in [3.05, 3.63) is 89.3 Å². The summed E-state index contributed by atoms with van der Waals surface area (Å²) < 4.78 is 2.21. The molecule has 2 aromatic heterocycles. The number of aromatic nitrogens is 3. The number of carbonyl (C=O) groups is 1. The van der Waals surface area contributed by atoms with Gasteiger partial charge in [-0.2, -0.15) is 0 Å². The first-order chi connectivity index (χ1) is 16.3. The summed E-state index contributed by atoms with van der Waals surface area (Å²) in [6, 6.07) is 25.6. The fraction of sp³-hybridized carbons (Fsp3) is 0.269. The van der Waals surface area contributed by atoms with Gasteiger partial charge in [0.15, 0.2) is 11.0 Å². The van der Waals surface area contributed by atoms with Gasteiger partial charge in [-0.25, -0.2) is 0 Å². The van der Waals surface area contributed by atoms with Crippen molar-refractivity contribution in [3.8, 4) is 10.7 Å². The molecule has 4 aromatic rings. The smallest absolute Gasteiger partial charge is 0.230 e. The summed E-state index contributed by atoms with van der Waals surface area (Å²) in [6.07, 6.45) is 3.15. The Hall–Kier alpha value is -2.90. The first-order valence-electron chi connectivity index (χ1n) is 11.3. The molecule has 5 rings (SSSR count). The van der Waals surface area contributed by atoms with Crippen molar-refractivity contribution in [3.63, 3.8) is 0 Å². The van der Waals surface area contributed by atoms with Crippen molar-refractivity contribution in [1.82, 2.24) is 20.1 Å². The molecule has 1 saturated carbocycles. The summed E-state index contributed by atoms with van der Waals surface area (Å²) in [6.45, 7) is 0.629. The molecule has 0 spiro atoms. The van der Waals surface area contributed by atoms with Crippen molar-refractivity contribution >= 4 is 29.0 Å². The average molecular weight is 475 g/mol. The number of amides is 1. The predicted octanol–water partition coefficient (Wildman–Crippen LogP) is 5.77. The number of thiophene rings is 1. The Morgan fingerprint density at radius 2 is 1.70 bits per heavy atom. The lowest BCUT2D eigenvalue weighted by atomic mass is 9.88. The maximum absolute atomic E-state index is 12.6. The van der Waals surface area contributed by atoms with Gasteiger partial charge in [-0.15, -0.1) is 21.5 Å². The minimum atomic E-state index is 0.0305. The lowest BCUT2D eigenvalue weighted by Gasteiger charge is -2.18. The zero-order valence-corrected chi connectivity index (χ0v) is 19.9. The van der Waals surface area contributed by atoms with E-state index in [1.54, 1.807) is 11.3 Å². The predicted molar refractivity (Wildman–Crippen MR) is 135 cm³/mol. The summed E-state index contributed by atoms with van der Waals surface area (Å²) in [5.74, 6) is 1.55. The van der Waals surface area contributed by atoms with Crippen LogP contribution in [0.1, 0.15) is 42.3 Å². The Bertz CT molecular complexity index is 1130. The highest BCUT2D eigenvalue weighted by Crippen LogP contribution is 2.41. The molecule has 1 amide bonds. The van der Waals surface area contributed by atoms with E-state index in [4.69, 9.17) is 0 Å². The second-order valence-electron chi connectivity index (χ2n) is 8.19. The quantitative estimate of drug-likeness (QED) is 0.296. The Morgan fingerprint density at radius 1 is 1.00 bits per heavy atom. The maximum atomic E-state index is 12.6. The molecule has 168 valence electrons. The Morgan fingerprint density at radius 3 is 2.30 bits per heavy atom. The minimum absolute atomic E-state index is 0.0305. The molecule has 0 bridgehead atoms. The molecule has 33 heavy (non-hydrogen) atoms. The van der Waals surface area contributed by atoms with Gasteiger partial charge in [0, 0.05) is 18.5 Å². The average Bonchev–Trinajstić information content (AvgIpc) is 3.37. The van der Waals surface area contributed by atoms with Gasteiger partial charge in [-0.3, -0.25) is 9.36 Å². The second kappa shape index (κ2) is 10.4. The molecule has 7 heteroatoms. The minimum Gasteiger partial charge on any atom is -0.355 e. The third-order valence-electron chi connectivity index (χ3n) is 5.81. The van der Waals surface area contributed by atoms with Crippen LogP contribution in [0.3, 0.4) is 0 Å². The number of nitrogens with zero attached hydrogens (tertiary/aromatic N) is 3. The summed E-state index contributed by atoms with van der Waals surface area (Å²) in [7, 11) is 0. The van der Waals surface area contributed by atoms with Crippen LogP contribution < -0.4 is 5.32 Å². The van der Waals surface area contributed by atoms with E-state index in [0.29, 0.717) is 18.3 Å². The van der Waals surface area contributed by atoms with Crippen LogP contribution in [-0.4, -0.2) is 33.0 Å². The first kappa shape index (κ1) is 21.9. The van der Waals surface area contributed by atoms with Crippen LogP contribution in [0.25, 0.3) is 10.7 Å². The van der Waals surface area contributed by atoms with E-state index in [9.17, 15) is 4.79 Å². The van der Waals surface area contributed by atoms with E-state index >= 15 is 0 Å². The number of nitrogens with one attached hydrogen (secondary N) is 1. The molecule has 2 aromatic carbocycles. The zero-order chi connectivity index (χ0) is 22.5. The first-order valence-corrected chi connectivity index (χ1v) is 13.1. The van der Waals surface area contributed by atoms with Crippen LogP contribution in [0, 0.1) is 0 Å². The maximum Gasteiger partial charge on any atom is 0.230 e. The normalized spacial score (nSPS) is 13.4. The van der Waals surface area contributed by atoms with Gasteiger partial charge in [-0.1, -0.05) is 78.5 Å². The number of thioether (sulfide) groups is 1. The third kappa shape index (κ3) is 5.37. The van der Waals surface area contributed by atoms with E-state index in [2.05, 4.69) is 80.1 Å². The number of rotatable bonds is 10. The Labute approximate surface area is 202 Å². The van der Waals surface area contributed by atoms with E-state index in [-0.39, 0.29) is 11.8 Å². The summed E-state index contributed by atoms with van der Waals surface area (Å²) in [4.78, 5) is 13.7.